The Morgan fingerprint density at radius 3 is 2.69 bits per heavy atom. The minimum atomic E-state index is -0.336. The van der Waals surface area contributed by atoms with Crippen molar-refractivity contribution in [3.8, 4) is 0 Å². The first-order chi connectivity index (χ1) is 12.7. The summed E-state index contributed by atoms with van der Waals surface area (Å²) in [6.45, 7) is 0. The number of carbonyl (C=O) groups is 1. The number of ether oxygens (including phenoxy) is 1. The average Bonchev–Trinajstić information content (AvgIpc) is 3.06. The number of carbonyl (C=O) groups excluding carboxylic acids is 1. The van der Waals surface area contributed by atoms with E-state index >= 15 is 0 Å². The van der Waals surface area contributed by atoms with Crippen LogP contribution in [0.25, 0.3) is 10.2 Å². The molecule has 5 nitrogen and oxygen atoms in total. The van der Waals surface area contributed by atoms with Crippen molar-refractivity contribution in [1.82, 2.24) is 9.97 Å². The minimum absolute atomic E-state index is 0.336. The van der Waals surface area contributed by atoms with Gasteiger partial charge in [-0.05, 0) is 61.8 Å². The summed E-state index contributed by atoms with van der Waals surface area (Å²) in [6.07, 6.45) is 6.69. The average molecular weight is 386 g/mol. The highest BCUT2D eigenvalue weighted by atomic mass is 32.2. The van der Waals surface area contributed by atoms with E-state index in [4.69, 9.17) is 14.7 Å². The van der Waals surface area contributed by atoms with Gasteiger partial charge in [-0.1, -0.05) is 11.8 Å². The molecule has 1 N–H and O–H groups in total. The summed E-state index contributed by atoms with van der Waals surface area (Å²) in [7, 11) is 1.38. The van der Waals surface area contributed by atoms with Crippen LogP contribution in [0.5, 0.6) is 0 Å². The second-order valence-corrected chi connectivity index (χ2v) is 8.00. The predicted molar refractivity (Wildman–Crippen MR) is 107 cm³/mol. The molecule has 0 unspecified atom stereocenters. The number of methoxy groups -OCH3 is 1. The third-order valence-electron chi connectivity index (χ3n) is 4.55. The van der Waals surface area contributed by atoms with E-state index in [2.05, 4.69) is 5.32 Å². The Kier molecular flexibility index (Phi) is 4.82. The molecule has 0 saturated carbocycles. The van der Waals surface area contributed by atoms with Gasteiger partial charge >= 0.3 is 5.97 Å². The molecule has 7 heteroatoms. The highest BCUT2D eigenvalue weighted by Crippen LogP contribution is 2.40. The van der Waals surface area contributed by atoms with Gasteiger partial charge in [-0.15, -0.1) is 11.3 Å². The van der Waals surface area contributed by atoms with Crippen molar-refractivity contribution in [2.75, 3.05) is 18.7 Å². The molecule has 4 rings (SSSR count). The molecule has 0 fully saturated rings. The van der Waals surface area contributed by atoms with Crippen LogP contribution < -0.4 is 5.32 Å². The number of hydrogen-bond donors (Lipinski definition) is 1. The molecule has 1 aliphatic rings. The molecule has 0 amide bonds. The highest BCUT2D eigenvalue weighted by Gasteiger charge is 2.21. The van der Waals surface area contributed by atoms with Crippen LogP contribution in [0.15, 0.2) is 29.4 Å². The standard InChI is InChI=1S/C19H19N3O2S2/c1-24-18(23)11-7-9-12(10-8-11)20-16-15-13-5-3-4-6-14(13)26-17(15)22-19(21-16)25-2/h7-10H,3-6H2,1-2H3,(H,20,21,22). The fraction of sp³-hybridized carbons (Fsp3) is 0.316. The molecule has 0 spiro atoms. The lowest BCUT2D eigenvalue weighted by Crippen LogP contribution is -2.03. The van der Waals surface area contributed by atoms with Crippen molar-refractivity contribution in [2.24, 2.45) is 0 Å². The van der Waals surface area contributed by atoms with Gasteiger partial charge in [0.2, 0.25) is 0 Å². The first-order valence-corrected chi connectivity index (χ1v) is 10.6. The summed E-state index contributed by atoms with van der Waals surface area (Å²) < 4.78 is 4.75. The molecule has 0 aliphatic heterocycles. The van der Waals surface area contributed by atoms with E-state index in [1.807, 2.05) is 18.4 Å². The number of thiophene rings is 1. The molecule has 0 saturated heterocycles. The van der Waals surface area contributed by atoms with Gasteiger partial charge in [0.15, 0.2) is 5.16 Å². The SMILES string of the molecule is COC(=O)c1ccc(Nc2nc(SC)nc3sc4c(c23)CCCC4)cc1. The van der Waals surface area contributed by atoms with Crippen molar-refractivity contribution in [3.05, 3.63) is 40.3 Å². The molecule has 0 radical (unpaired) electrons. The van der Waals surface area contributed by atoms with E-state index < -0.39 is 0 Å². The summed E-state index contributed by atoms with van der Waals surface area (Å²) in [4.78, 5) is 23.6. The maximum atomic E-state index is 11.6. The van der Waals surface area contributed by atoms with E-state index in [1.165, 1.54) is 30.4 Å². The Hall–Kier alpha value is -2.12. The quantitative estimate of drug-likeness (QED) is 0.394. The van der Waals surface area contributed by atoms with Gasteiger partial charge in [0.1, 0.15) is 10.6 Å². The number of anilines is 2. The third kappa shape index (κ3) is 3.17. The molecule has 0 bridgehead atoms. The molecular weight excluding hydrogens is 366 g/mol. The number of rotatable bonds is 4. The number of esters is 1. The Bertz CT molecular complexity index is 967. The number of aromatic nitrogens is 2. The predicted octanol–water partition coefficient (Wildman–Crippen LogP) is 4.82. The smallest absolute Gasteiger partial charge is 0.337 e. The van der Waals surface area contributed by atoms with E-state index in [-0.39, 0.29) is 5.97 Å². The fourth-order valence-electron chi connectivity index (χ4n) is 3.26. The fourth-order valence-corrected chi connectivity index (χ4v) is 4.95. The zero-order valence-corrected chi connectivity index (χ0v) is 16.3. The lowest BCUT2D eigenvalue weighted by molar-refractivity contribution is 0.0601. The van der Waals surface area contributed by atoms with Crippen LogP contribution in [-0.2, 0) is 17.6 Å². The lowest BCUT2D eigenvalue weighted by atomic mass is 9.97. The minimum Gasteiger partial charge on any atom is -0.465 e. The normalized spacial score (nSPS) is 13.5. The van der Waals surface area contributed by atoms with Gasteiger partial charge in [-0.3, -0.25) is 0 Å². The van der Waals surface area contributed by atoms with Crippen molar-refractivity contribution in [3.63, 3.8) is 0 Å². The summed E-state index contributed by atoms with van der Waals surface area (Å²) in [5.41, 5.74) is 2.82. The largest absolute Gasteiger partial charge is 0.465 e. The van der Waals surface area contributed by atoms with Crippen molar-refractivity contribution in [1.29, 1.82) is 0 Å². The van der Waals surface area contributed by atoms with Crippen LogP contribution in [0.4, 0.5) is 11.5 Å². The summed E-state index contributed by atoms with van der Waals surface area (Å²) >= 11 is 3.34. The van der Waals surface area contributed by atoms with Crippen molar-refractivity contribution in [2.45, 2.75) is 30.8 Å². The van der Waals surface area contributed by atoms with Crippen LogP contribution >= 0.6 is 23.1 Å². The third-order valence-corrected chi connectivity index (χ3v) is 6.28. The number of nitrogens with zero attached hydrogens (tertiary/aromatic N) is 2. The van der Waals surface area contributed by atoms with Crippen LogP contribution in [0.1, 0.15) is 33.6 Å². The molecule has 1 aromatic carbocycles. The van der Waals surface area contributed by atoms with Crippen LogP contribution in [0.2, 0.25) is 0 Å². The maximum Gasteiger partial charge on any atom is 0.337 e. The Morgan fingerprint density at radius 2 is 1.96 bits per heavy atom. The molecule has 134 valence electrons. The zero-order chi connectivity index (χ0) is 18.1. The van der Waals surface area contributed by atoms with E-state index in [0.717, 1.165) is 39.7 Å². The number of benzene rings is 1. The van der Waals surface area contributed by atoms with Gasteiger partial charge < -0.3 is 10.1 Å². The maximum absolute atomic E-state index is 11.6. The van der Waals surface area contributed by atoms with Crippen LogP contribution in [0.3, 0.4) is 0 Å². The van der Waals surface area contributed by atoms with Gasteiger partial charge in [-0.25, -0.2) is 14.8 Å². The number of aryl methyl sites for hydroxylation is 2. The monoisotopic (exact) mass is 385 g/mol. The van der Waals surface area contributed by atoms with Crippen LogP contribution in [-0.4, -0.2) is 29.3 Å². The Balaban J connectivity index is 1.75. The van der Waals surface area contributed by atoms with E-state index in [9.17, 15) is 4.79 Å². The Labute approximate surface area is 160 Å². The molecular formula is C19H19N3O2S2. The van der Waals surface area contributed by atoms with Gasteiger partial charge in [0.05, 0.1) is 18.1 Å². The Morgan fingerprint density at radius 1 is 1.19 bits per heavy atom. The van der Waals surface area contributed by atoms with Crippen molar-refractivity contribution < 1.29 is 9.53 Å². The number of fused-ring (bicyclic) bond motifs is 3. The molecule has 26 heavy (non-hydrogen) atoms. The summed E-state index contributed by atoms with van der Waals surface area (Å²) in [5.74, 6) is 0.516. The van der Waals surface area contributed by atoms with Gasteiger partial charge in [-0.2, -0.15) is 0 Å². The second kappa shape index (κ2) is 7.25. The van der Waals surface area contributed by atoms with Crippen LogP contribution in [0, 0.1) is 0 Å². The van der Waals surface area contributed by atoms with Gasteiger partial charge in [0, 0.05) is 10.6 Å². The number of nitrogens with one attached hydrogen (secondary N) is 1. The van der Waals surface area contributed by atoms with E-state index in [0.29, 0.717) is 5.56 Å². The molecule has 2 heterocycles. The molecule has 0 atom stereocenters. The first kappa shape index (κ1) is 17.3. The summed E-state index contributed by atoms with van der Waals surface area (Å²) in [5, 5.41) is 5.35. The number of thioether (sulfide) groups is 1. The molecule has 3 aromatic rings. The number of hydrogen-bond acceptors (Lipinski definition) is 7. The summed E-state index contributed by atoms with van der Waals surface area (Å²) in [6, 6.07) is 7.26. The topological polar surface area (TPSA) is 64.1 Å². The molecule has 2 aromatic heterocycles. The molecule has 1 aliphatic carbocycles. The zero-order valence-electron chi connectivity index (χ0n) is 14.7. The van der Waals surface area contributed by atoms with E-state index in [1.54, 1.807) is 35.2 Å². The first-order valence-electron chi connectivity index (χ1n) is 8.51. The highest BCUT2D eigenvalue weighted by molar-refractivity contribution is 7.98. The lowest BCUT2D eigenvalue weighted by Gasteiger charge is -2.13. The van der Waals surface area contributed by atoms with Crippen molar-refractivity contribution >= 4 is 50.8 Å². The van der Waals surface area contributed by atoms with Gasteiger partial charge in [0.25, 0.3) is 0 Å². The second-order valence-electron chi connectivity index (χ2n) is 6.14.